The van der Waals surface area contributed by atoms with E-state index in [1.54, 1.807) is 35.8 Å². The highest BCUT2D eigenvalue weighted by Gasteiger charge is 2.63. The second-order valence-corrected chi connectivity index (χ2v) is 25.2. The summed E-state index contributed by atoms with van der Waals surface area (Å²) in [7, 11) is 5.55. The summed E-state index contributed by atoms with van der Waals surface area (Å²) < 4.78 is 12.3. The van der Waals surface area contributed by atoms with Gasteiger partial charge in [0, 0.05) is 16.9 Å². The van der Waals surface area contributed by atoms with Crippen LogP contribution >= 0.6 is 43.2 Å². The third-order valence-electron chi connectivity index (χ3n) is 15.1. The summed E-state index contributed by atoms with van der Waals surface area (Å²) in [5.74, 6) is 0.0347. The van der Waals surface area contributed by atoms with E-state index < -0.39 is 34.0 Å². The smallest absolute Gasteiger partial charge is 0.319 e. The van der Waals surface area contributed by atoms with Crippen molar-refractivity contribution in [3.05, 3.63) is 11.1 Å². The van der Waals surface area contributed by atoms with Crippen molar-refractivity contribution in [3.63, 3.8) is 0 Å². The van der Waals surface area contributed by atoms with Crippen LogP contribution in [0.2, 0.25) is 0 Å². The zero-order valence-electron chi connectivity index (χ0n) is 36.3. The normalized spacial score (nSPS) is 32.5. The van der Waals surface area contributed by atoms with Gasteiger partial charge in [-0.2, -0.15) is 0 Å². The highest BCUT2D eigenvalue weighted by molar-refractivity contribution is 8.77. The Balaban J connectivity index is 1.34. The predicted octanol–water partition coefficient (Wildman–Crippen LogP) is 11.8. The number of carboxylic acid groups (broad SMARTS) is 2. The van der Waals surface area contributed by atoms with E-state index in [-0.39, 0.29) is 45.6 Å². The molecular formula is C44H72O8S4. The molecule has 0 radical (unpaired) electrons. The molecule has 0 aromatic carbocycles. The van der Waals surface area contributed by atoms with E-state index in [2.05, 4.69) is 41.5 Å². The fourth-order valence-electron chi connectivity index (χ4n) is 11.2. The standard InChI is InChI=1S/C44H72O8S4/c1-26(14-13-20-40(6,7)52-38(49)28(3)25-54-53-24-27(2)36(45)46)31-17-22-44(12)33-15-16-34-41(8,9)35(51-39(50)30(5)56-55-29(4)37(47)48)19-21-42(34,10)32(33)18-23-43(31,44)11/h26-31,34-35H,13-25H2,1-12H3,(H,45,46)(H,47,48)/t26-,27?,28?,29?,30?,31-,34+,35?,42-,43-,44+/m1/s1. The predicted molar refractivity (Wildman–Crippen MR) is 235 cm³/mol. The van der Waals surface area contributed by atoms with Gasteiger partial charge in [-0.1, -0.05) is 116 Å². The van der Waals surface area contributed by atoms with Crippen LogP contribution in [0.25, 0.3) is 0 Å². The van der Waals surface area contributed by atoms with Gasteiger partial charge in [0.05, 0.1) is 11.8 Å². The van der Waals surface area contributed by atoms with E-state index in [0.717, 1.165) is 51.4 Å². The molecule has 56 heavy (non-hydrogen) atoms. The molecule has 0 amide bonds. The maximum Gasteiger partial charge on any atom is 0.319 e. The van der Waals surface area contributed by atoms with Crippen LogP contribution in [0.15, 0.2) is 11.1 Å². The Morgan fingerprint density at radius 3 is 2.02 bits per heavy atom. The van der Waals surface area contributed by atoms with Crippen LogP contribution in [0.3, 0.4) is 0 Å². The zero-order valence-corrected chi connectivity index (χ0v) is 39.6. The summed E-state index contributed by atoms with van der Waals surface area (Å²) in [6.07, 6.45) is 11.8. The van der Waals surface area contributed by atoms with E-state index in [1.165, 1.54) is 51.6 Å². The van der Waals surface area contributed by atoms with Crippen LogP contribution in [-0.4, -0.2) is 67.8 Å². The van der Waals surface area contributed by atoms with Crippen LogP contribution in [0, 0.1) is 51.2 Å². The van der Waals surface area contributed by atoms with Crippen molar-refractivity contribution in [2.24, 2.45) is 51.2 Å². The summed E-state index contributed by atoms with van der Waals surface area (Å²) >= 11 is 0. The number of fused-ring (bicyclic) bond motifs is 4. The Morgan fingerprint density at radius 2 is 1.39 bits per heavy atom. The number of esters is 2. The van der Waals surface area contributed by atoms with Crippen LogP contribution < -0.4 is 0 Å². The molecular weight excluding hydrogens is 785 g/mol. The minimum absolute atomic E-state index is 0.0954. The molecule has 4 aliphatic rings. The molecule has 0 bridgehead atoms. The van der Waals surface area contributed by atoms with Gasteiger partial charge in [-0.05, 0) is 126 Å². The van der Waals surface area contributed by atoms with Gasteiger partial charge in [0.15, 0.2) is 0 Å². The van der Waals surface area contributed by atoms with Gasteiger partial charge >= 0.3 is 23.9 Å². The first-order valence-electron chi connectivity index (χ1n) is 21.1. The fraction of sp³-hybridized carbons (Fsp3) is 0.864. The highest BCUT2D eigenvalue weighted by Crippen LogP contribution is 2.72. The van der Waals surface area contributed by atoms with Gasteiger partial charge in [-0.25, -0.2) is 0 Å². The number of carbonyl (C=O) groups is 4. The minimum Gasteiger partial charge on any atom is -0.481 e. The molecule has 8 nitrogen and oxygen atoms in total. The molecule has 0 aromatic heterocycles. The Morgan fingerprint density at radius 1 is 0.768 bits per heavy atom. The number of rotatable bonds is 19. The lowest BCUT2D eigenvalue weighted by atomic mass is 9.43. The third-order valence-corrected chi connectivity index (χ3v) is 21.0. The van der Waals surface area contributed by atoms with Gasteiger partial charge in [-0.15, -0.1) is 0 Å². The van der Waals surface area contributed by atoms with Crippen LogP contribution in [0.1, 0.15) is 154 Å². The quantitative estimate of drug-likeness (QED) is 0.0555. The first-order chi connectivity index (χ1) is 25.9. The molecule has 12 heteroatoms. The lowest BCUT2D eigenvalue weighted by Crippen LogP contribution is -2.56. The average molecular weight is 857 g/mol. The van der Waals surface area contributed by atoms with E-state index in [9.17, 15) is 24.3 Å². The van der Waals surface area contributed by atoms with Gasteiger partial charge in [0.1, 0.15) is 22.2 Å². The second kappa shape index (κ2) is 18.7. The summed E-state index contributed by atoms with van der Waals surface area (Å²) in [5.41, 5.74) is 3.29. The number of ether oxygens (including phenoxy) is 2. The van der Waals surface area contributed by atoms with Crippen molar-refractivity contribution in [1.82, 2.24) is 0 Å². The molecule has 4 rings (SSSR count). The van der Waals surface area contributed by atoms with Crippen LogP contribution in [-0.2, 0) is 28.7 Å². The number of carboxylic acids is 2. The van der Waals surface area contributed by atoms with Crippen molar-refractivity contribution in [1.29, 1.82) is 0 Å². The van der Waals surface area contributed by atoms with Crippen molar-refractivity contribution < 1.29 is 38.9 Å². The van der Waals surface area contributed by atoms with Crippen molar-refractivity contribution in [3.8, 4) is 0 Å². The molecule has 0 spiro atoms. The molecule has 4 aliphatic carbocycles. The molecule has 5 unspecified atom stereocenters. The van der Waals surface area contributed by atoms with Crippen molar-refractivity contribution in [2.45, 2.75) is 176 Å². The number of carbonyl (C=O) groups excluding carboxylic acids is 2. The van der Waals surface area contributed by atoms with Crippen LogP contribution in [0.4, 0.5) is 0 Å². The maximum absolute atomic E-state index is 13.2. The van der Waals surface area contributed by atoms with Gasteiger partial charge in [0.2, 0.25) is 0 Å². The lowest BCUT2D eigenvalue weighted by molar-refractivity contribution is -0.169. The molecule has 2 N–H and O–H groups in total. The molecule has 2 fully saturated rings. The summed E-state index contributed by atoms with van der Waals surface area (Å²) in [5, 5.41) is 17.3. The summed E-state index contributed by atoms with van der Waals surface area (Å²) in [4.78, 5) is 48.5. The summed E-state index contributed by atoms with van der Waals surface area (Å²) in [6, 6.07) is 0. The van der Waals surface area contributed by atoms with Crippen molar-refractivity contribution >= 4 is 67.1 Å². The van der Waals surface area contributed by atoms with E-state index in [0.29, 0.717) is 29.3 Å². The Kier molecular flexibility index (Phi) is 16.0. The van der Waals surface area contributed by atoms with Gasteiger partial charge in [-0.3, -0.25) is 19.2 Å². The summed E-state index contributed by atoms with van der Waals surface area (Å²) in [6.45, 7) is 25.9. The SMILES string of the molecule is CC(CSSCC(C)C(=O)OC(C)(C)CCC[C@@H](C)[C@H]1CC[C@@]2(C)C3=C(CC[C@]12C)[C@@]1(C)CCC(OC(=O)C(C)SSC(C)C(=O)O)C(C)(C)[C@@H]1CC3)C(=O)O. The average Bonchev–Trinajstić information content (AvgIpc) is 3.40. The molecule has 0 saturated heterocycles. The van der Waals surface area contributed by atoms with Gasteiger partial charge < -0.3 is 19.7 Å². The van der Waals surface area contributed by atoms with Gasteiger partial charge in [0.25, 0.3) is 0 Å². The highest BCUT2D eigenvalue weighted by atomic mass is 33.1. The lowest BCUT2D eigenvalue weighted by Gasteiger charge is -2.62. The monoisotopic (exact) mass is 856 g/mol. The van der Waals surface area contributed by atoms with Crippen molar-refractivity contribution in [2.75, 3.05) is 11.5 Å². The Bertz CT molecular complexity index is 1480. The first-order valence-corrected chi connectivity index (χ1v) is 25.9. The topological polar surface area (TPSA) is 127 Å². The Labute approximate surface area is 353 Å². The number of allylic oxidation sites excluding steroid dienone is 2. The minimum atomic E-state index is -0.877. The molecule has 0 heterocycles. The maximum atomic E-state index is 13.2. The Hall–Kier alpha value is -0.980. The first kappa shape index (κ1) is 47.7. The third kappa shape index (κ3) is 10.1. The molecule has 2 saturated carbocycles. The van der Waals surface area contributed by atoms with E-state index in [1.807, 2.05) is 27.7 Å². The fourth-order valence-corrected chi connectivity index (χ4v) is 15.9. The molecule has 0 aromatic rings. The van der Waals surface area contributed by atoms with Crippen LogP contribution in [0.5, 0.6) is 0 Å². The molecule has 0 aliphatic heterocycles. The molecule has 11 atom stereocenters. The van der Waals surface area contributed by atoms with E-state index >= 15 is 0 Å². The largest absolute Gasteiger partial charge is 0.481 e. The molecule has 320 valence electrons. The number of aliphatic carboxylic acids is 2. The number of hydrogen-bond acceptors (Lipinski definition) is 10. The zero-order chi connectivity index (χ0) is 42.0. The van der Waals surface area contributed by atoms with E-state index in [4.69, 9.17) is 14.6 Å². The number of hydrogen-bond donors (Lipinski definition) is 2. The second-order valence-electron chi connectivity index (χ2n) is 19.7.